The van der Waals surface area contributed by atoms with Gasteiger partial charge in [0.2, 0.25) is 0 Å². The van der Waals surface area contributed by atoms with E-state index in [2.05, 4.69) is 15.0 Å². The smallest absolute Gasteiger partial charge is 0.257 e. The van der Waals surface area contributed by atoms with E-state index in [0.717, 1.165) is 35.7 Å². The number of benzene rings is 1. The highest BCUT2D eigenvalue weighted by Gasteiger charge is 2.24. The van der Waals surface area contributed by atoms with Crippen molar-refractivity contribution in [3.05, 3.63) is 58.8 Å². The van der Waals surface area contributed by atoms with Crippen molar-refractivity contribution in [2.24, 2.45) is 0 Å². The molecule has 1 saturated heterocycles. The van der Waals surface area contributed by atoms with Crippen LogP contribution in [0.5, 0.6) is 5.75 Å². The van der Waals surface area contributed by atoms with Crippen molar-refractivity contribution in [2.45, 2.75) is 20.4 Å². The van der Waals surface area contributed by atoms with Gasteiger partial charge in [-0.05, 0) is 31.5 Å². The number of nitrogens with zero attached hydrogens (tertiary/aromatic N) is 5. The first-order valence-corrected chi connectivity index (χ1v) is 9.62. The van der Waals surface area contributed by atoms with Gasteiger partial charge in [0.1, 0.15) is 0 Å². The number of hydrogen-bond donors (Lipinski definition) is 0. The molecule has 0 spiro atoms. The van der Waals surface area contributed by atoms with Crippen molar-refractivity contribution in [2.75, 3.05) is 33.3 Å². The van der Waals surface area contributed by atoms with Crippen molar-refractivity contribution >= 4 is 11.6 Å². The molecule has 0 aliphatic carbocycles. The summed E-state index contributed by atoms with van der Waals surface area (Å²) in [5, 5.41) is 4.41. The number of halogens is 1. The minimum Gasteiger partial charge on any atom is -0.494 e. The number of amides is 1. The van der Waals surface area contributed by atoms with E-state index < -0.39 is 0 Å². The Morgan fingerprint density at radius 3 is 2.62 bits per heavy atom. The molecule has 1 aliphatic rings. The van der Waals surface area contributed by atoms with E-state index in [1.165, 1.54) is 13.2 Å². The molecule has 29 heavy (non-hydrogen) atoms. The summed E-state index contributed by atoms with van der Waals surface area (Å²) in [6.45, 7) is 7.14. The molecule has 7 nitrogen and oxygen atoms in total. The number of ether oxygens (including phenoxy) is 1. The molecule has 0 bridgehead atoms. The van der Waals surface area contributed by atoms with Crippen LogP contribution in [0.4, 0.5) is 4.39 Å². The van der Waals surface area contributed by atoms with E-state index in [9.17, 15) is 9.18 Å². The molecule has 1 amide bonds. The number of carbonyl (C=O) groups excluding carboxylic acids is 1. The Hall–Kier alpha value is -3.00. The molecule has 0 radical (unpaired) electrons. The third-order valence-corrected chi connectivity index (χ3v) is 5.36. The van der Waals surface area contributed by atoms with Crippen LogP contribution in [-0.4, -0.2) is 63.6 Å². The number of methoxy groups -OCH3 is 1. The maximum atomic E-state index is 13.9. The Morgan fingerprint density at radius 1 is 1.17 bits per heavy atom. The minimum absolute atomic E-state index is 0.0276. The van der Waals surface area contributed by atoms with Crippen LogP contribution in [0.25, 0.3) is 5.65 Å². The summed E-state index contributed by atoms with van der Waals surface area (Å²) in [6.07, 6.45) is 1.64. The highest BCUT2D eigenvalue weighted by molar-refractivity contribution is 5.95. The van der Waals surface area contributed by atoms with Crippen molar-refractivity contribution in [1.29, 1.82) is 0 Å². The number of aromatic nitrogens is 3. The third kappa shape index (κ3) is 3.80. The van der Waals surface area contributed by atoms with E-state index >= 15 is 0 Å². The number of piperazine rings is 1. The van der Waals surface area contributed by atoms with Gasteiger partial charge in [-0.3, -0.25) is 9.69 Å². The fourth-order valence-electron chi connectivity index (χ4n) is 3.72. The summed E-state index contributed by atoms with van der Waals surface area (Å²) in [4.78, 5) is 21.4. The average molecular weight is 397 g/mol. The zero-order chi connectivity index (χ0) is 20.5. The summed E-state index contributed by atoms with van der Waals surface area (Å²) in [6, 6.07) is 6.91. The summed E-state index contributed by atoms with van der Waals surface area (Å²) < 4.78 is 20.6. The highest BCUT2D eigenvalue weighted by atomic mass is 19.1. The summed E-state index contributed by atoms with van der Waals surface area (Å²) in [5.41, 5.74) is 3.88. The second-order valence-corrected chi connectivity index (χ2v) is 7.35. The van der Waals surface area contributed by atoms with Crippen molar-refractivity contribution in [1.82, 2.24) is 24.4 Å². The molecule has 3 aromatic rings. The number of carbonyl (C=O) groups is 1. The molecule has 3 heterocycles. The van der Waals surface area contributed by atoms with Crippen LogP contribution in [0, 0.1) is 19.7 Å². The Morgan fingerprint density at radius 2 is 1.93 bits per heavy atom. The molecule has 8 heteroatoms. The number of rotatable bonds is 4. The maximum absolute atomic E-state index is 13.9. The van der Waals surface area contributed by atoms with Gasteiger partial charge < -0.3 is 9.64 Å². The number of hydrogen-bond acceptors (Lipinski definition) is 5. The van der Waals surface area contributed by atoms with Gasteiger partial charge >= 0.3 is 0 Å². The Kier molecular flexibility index (Phi) is 5.19. The van der Waals surface area contributed by atoms with Gasteiger partial charge in [-0.2, -0.15) is 5.10 Å². The summed E-state index contributed by atoms with van der Waals surface area (Å²) >= 11 is 0. The fraction of sp³-hybridized carbons (Fsp3) is 0.381. The lowest BCUT2D eigenvalue weighted by molar-refractivity contribution is 0.0626. The van der Waals surface area contributed by atoms with Crippen LogP contribution >= 0.6 is 0 Å². The molecule has 0 unspecified atom stereocenters. The lowest BCUT2D eigenvalue weighted by atomic mass is 10.1. The predicted octanol–water partition coefficient (Wildman–Crippen LogP) is 2.45. The lowest BCUT2D eigenvalue weighted by Crippen LogP contribution is -2.48. The first kappa shape index (κ1) is 19.3. The summed E-state index contributed by atoms with van der Waals surface area (Å²) in [7, 11) is 1.46. The fourth-order valence-corrected chi connectivity index (χ4v) is 3.72. The zero-order valence-corrected chi connectivity index (χ0v) is 16.9. The number of aryl methyl sites for hydroxylation is 2. The quantitative estimate of drug-likeness (QED) is 0.677. The van der Waals surface area contributed by atoms with Crippen LogP contribution in [0.15, 0.2) is 30.5 Å². The first-order chi connectivity index (χ1) is 14.0. The van der Waals surface area contributed by atoms with Crippen LogP contribution < -0.4 is 4.74 Å². The van der Waals surface area contributed by atoms with Gasteiger partial charge in [-0.25, -0.2) is 13.9 Å². The molecule has 4 rings (SSSR count). The van der Waals surface area contributed by atoms with Crippen LogP contribution in [0.2, 0.25) is 0 Å². The van der Waals surface area contributed by atoms with Crippen LogP contribution in [-0.2, 0) is 6.54 Å². The molecule has 1 aromatic carbocycles. The molecule has 0 atom stereocenters. The Balaban J connectivity index is 1.41. The van der Waals surface area contributed by atoms with E-state index in [1.807, 2.05) is 30.9 Å². The van der Waals surface area contributed by atoms with Gasteiger partial charge in [0.25, 0.3) is 5.91 Å². The predicted molar refractivity (Wildman–Crippen MR) is 107 cm³/mol. The van der Waals surface area contributed by atoms with Gasteiger partial charge in [0.05, 0.1) is 24.1 Å². The maximum Gasteiger partial charge on any atom is 0.257 e. The lowest BCUT2D eigenvalue weighted by Gasteiger charge is -2.35. The zero-order valence-electron chi connectivity index (χ0n) is 16.9. The van der Waals surface area contributed by atoms with E-state index in [0.29, 0.717) is 25.2 Å². The SMILES string of the molecule is COc1ccc(CN2CCN(C(=O)c3cnc4cc(C)nn4c3C)CC2)cc1F. The molecule has 1 fully saturated rings. The Bertz CT molecular complexity index is 1060. The van der Waals surface area contributed by atoms with Crippen LogP contribution in [0.3, 0.4) is 0 Å². The molecular formula is C21H24FN5O2. The van der Waals surface area contributed by atoms with Crippen molar-refractivity contribution < 1.29 is 13.9 Å². The van der Waals surface area contributed by atoms with Gasteiger partial charge in [0, 0.05) is 45.0 Å². The average Bonchev–Trinajstić information content (AvgIpc) is 3.10. The first-order valence-electron chi connectivity index (χ1n) is 9.62. The largest absolute Gasteiger partial charge is 0.494 e. The van der Waals surface area contributed by atoms with Gasteiger partial charge in [-0.1, -0.05) is 6.07 Å². The van der Waals surface area contributed by atoms with Gasteiger partial charge in [-0.15, -0.1) is 0 Å². The topological polar surface area (TPSA) is 63.0 Å². The molecule has 1 aliphatic heterocycles. The monoisotopic (exact) mass is 397 g/mol. The minimum atomic E-state index is -0.356. The molecule has 0 N–H and O–H groups in total. The van der Waals surface area contributed by atoms with Crippen molar-refractivity contribution in [3.8, 4) is 5.75 Å². The normalized spacial score (nSPS) is 15.1. The van der Waals surface area contributed by atoms with E-state index in [-0.39, 0.29) is 17.5 Å². The highest BCUT2D eigenvalue weighted by Crippen LogP contribution is 2.20. The molecular weight excluding hydrogens is 373 g/mol. The van der Waals surface area contributed by atoms with E-state index in [1.54, 1.807) is 16.8 Å². The number of fused-ring (bicyclic) bond motifs is 1. The second kappa shape index (κ2) is 7.79. The summed E-state index contributed by atoms with van der Waals surface area (Å²) in [5.74, 6) is -0.135. The Labute approximate surface area is 168 Å². The molecule has 2 aromatic heterocycles. The second-order valence-electron chi connectivity index (χ2n) is 7.35. The van der Waals surface area contributed by atoms with E-state index in [4.69, 9.17) is 4.74 Å². The van der Waals surface area contributed by atoms with Crippen molar-refractivity contribution in [3.63, 3.8) is 0 Å². The standard InChI is InChI=1S/C21H24FN5O2/c1-14-10-20-23-12-17(15(2)27(20)24-14)21(28)26-8-6-25(7-9-26)13-16-4-5-19(29-3)18(22)11-16/h4-5,10-12H,6-9,13H2,1-3H3. The van der Waals surface area contributed by atoms with Gasteiger partial charge in [0.15, 0.2) is 17.2 Å². The molecule has 0 saturated carbocycles. The third-order valence-electron chi connectivity index (χ3n) is 5.36. The van der Waals surface area contributed by atoms with Crippen LogP contribution in [0.1, 0.15) is 27.3 Å². The molecule has 152 valence electrons.